The van der Waals surface area contributed by atoms with Gasteiger partial charge < -0.3 is 0 Å². The lowest BCUT2D eigenvalue weighted by Crippen LogP contribution is -2.33. The van der Waals surface area contributed by atoms with Crippen LogP contribution < -0.4 is 0 Å². The van der Waals surface area contributed by atoms with Crippen LogP contribution in [0.25, 0.3) is 5.57 Å². The molecule has 0 nitrogen and oxygen atoms in total. The predicted octanol–water partition coefficient (Wildman–Crippen LogP) is 7.87. The summed E-state index contributed by atoms with van der Waals surface area (Å²) in [7, 11) is 0. The van der Waals surface area contributed by atoms with Gasteiger partial charge in [-0.3, -0.25) is 0 Å². The van der Waals surface area contributed by atoms with Gasteiger partial charge in [0.05, 0.1) is 5.41 Å². The quantitative estimate of drug-likeness (QED) is 0.382. The van der Waals surface area contributed by atoms with Crippen molar-refractivity contribution < 1.29 is 0 Å². The van der Waals surface area contributed by atoms with Crippen LogP contribution in [0.2, 0.25) is 0 Å². The second-order valence-electron chi connectivity index (χ2n) is 8.56. The number of benzene rings is 3. The molecule has 3 aromatic carbocycles. The van der Waals surface area contributed by atoms with Crippen LogP contribution in [0, 0.1) is 13.8 Å². The Balaban J connectivity index is 1.92. The zero-order chi connectivity index (χ0) is 21.3. The first-order valence-corrected chi connectivity index (χ1v) is 11.2. The van der Waals surface area contributed by atoms with Crippen molar-refractivity contribution in [2.75, 3.05) is 0 Å². The fraction of sp³-hybridized carbons (Fsp3) is 0.161. The summed E-state index contributed by atoms with van der Waals surface area (Å²) in [5.74, 6) is 0. The van der Waals surface area contributed by atoms with E-state index in [1.165, 1.54) is 44.5 Å². The van der Waals surface area contributed by atoms with E-state index in [0.717, 1.165) is 12.8 Å². The smallest absolute Gasteiger partial charge is 0.0673 e. The molecule has 152 valence electrons. The van der Waals surface area contributed by atoms with E-state index in [2.05, 4.69) is 123 Å². The van der Waals surface area contributed by atoms with Crippen LogP contribution in [0.5, 0.6) is 0 Å². The van der Waals surface area contributed by atoms with Crippen LogP contribution in [0.4, 0.5) is 0 Å². The number of rotatable bonds is 5. The minimum Gasteiger partial charge on any atom is -0.0804 e. The largest absolute Gasteiger partial charge is 0.0804 e. The third-order valence-corrected chi connectivity index (χ3v) is 6.90. The van der Waals surface area contributed by atoms with Gasteiger partial charge in [0, 0.05) is 0 Å². The lowest BCUT2D eigenvalue weighted by Gasteiger charge is -2.40. The number of hydrogen-bond donors (Lipinski definition) is 0. The van der Waals surface area contributed by atoms with E-state index in [1.807, 2.05) is 0 Å². The zero-order valence-corrected chi connectivity index (χ0v) is 18.3. The van der Waals surface area contributed by atoms with Crippen LogP contribution in [-0.2, 0) is 5.41 Å². The molecule has 0 unspecified atom stereocenters. The summed E-state index contributed by atoms with van der Waals surface area (Å²) in [5, 5.41) is 0. The highest BCUT2D eigenvalue weighted by Gasteiger charge is 2.42. The zero-order valence-electron chi connectivity index (χ0n) is 18.3. The van der Waals surface area contributed by atoms with E-state index >= 15 is 0 Å². The summed E-state index contributed by atoms with van der Waals surface area (Å²) in [5.41, 5.74) is 10.7. The molecule has 0 aliphatic heterocycles. The Kier molecular flexibility index (Phi) is 5.08. The molecule has 0 aromatic heterocycles. The molecule has 0 heteroatoms. The first-order valence-electron chi connectivity index (χ1n) is 11.2. The second kappa shape index (κ2) is 8.04. The molecule has 0 N–H and O–H groups in total. The molecule has 0 saturated carbocycles. The van der Waals surface area contributed by atoms with Gasteiger partial charge in [0.2, 0.25) is 0 Å². The third-order valence-electron chi connectivity index (χ3n) is 6.90. The third kappa shape index (κ3) is 3.15. The Morgan fingerprint density at radius 3 is 1.81 bits per heavy atom. The molecule has 0 saturated heterocycles. The van der Waals surface area contributed by atoms with Gasteiger partial charge in [0.15, 0.2) is 0 Å². The Hall–Kier alpha value is -3.38. The van der Waals surface area contributed by atoms with Crippen LogP contribution >= 0.6 is 0 Å². The Morgan fingerprint density at radius 2 is 1.26 bits per heavy atom. The molecule has 0 bridgehead atoms. The molecule has 0 radical (unpaired) electrons. The van der Waals surface area contributed by atoms with Crippen molar-refractivity contribution in [1.82, 2.24) is 0 Å². The first-order chi connectivity index (χ1) is 15.2. The van der Waals surface area contributed by atoms with E-state index in [9.17, 15) is 0 Å². The molecule has 5 rings (SSSR count). The average molecular weight is 401 g/mol. The molecule has 2 aliphatic carbocycles. The van der Waals surface area contributed by atoms with Gasteiger partial charge in [-0.05, 0) is 71.2 Å². The topological polar surface area (TPSA) is 0 Å². The second-order valence-corrected chi connectivity index (χ2v) is 8.56. The Morgan fingerprint density at radius 1 is 0.645 bits per heavy atom. The van der Waals surface area contributed by atoms with Gasteiger partial charge in [0.1, 0.15) is 0 Å². The van der Waals surface area contributed by atoms with Gasteiger partial charge >= 0.3 is 0 Å². The summed E-state index contributed by atoms with van der Waals surface area (Å²) >= 11 is 0. The van der Waals surface area contributed by atoms with E-state index in [1.54, 1.807) is 0 Å². The van der Waals surface area contributed by atoms with Crippen molar-refractivity contribution in [3.63, 3.8) is 0 Å². The van der Waals surface area contributed by atoms with Crippen molar-refractivity contribution in [1.29, 1.82) is 0 Å². The van der Waals surface area contributed by atoms with Crippen LogP contribution in [-0.4, -0.2) is 0 Å². The minimum absolute atomic E-state index is 0.330. The van der Waals surface area contributed by atoms with Crippen molar-refractivity contribution in [2.45, 2.75) is 32.1 Å². The van der Waals surface area contributed by atoms with E-state index in [4.69, 9.17) is 0 Å². The van der Waals surface area contributed by atoms with Crippen LogP contribution in [0.15, 0.2) is 115 Å². The predicted molar refractivity (Wildman–Crippen MR) is 132 cm³/mol. The number of aryl methyl sites for hydroxylation is 1. The van der Waals surface area contributed by atoms with Gasteiger partial charge in [-0.25, -0.2) is 0 Å². The number of allylic oxidation sites excluding steroid dienone is 8. The standard InChI is InChI=1S/C31H28/c1-23-21-22-29(30(24(23)2)25-13-9-10-14-25)31(28-19-11-12-20-28,26-15-5-3-6-16-26)27-17-7-4-8-18-27/h3-13,15-19,21-22H,14,20H2,1-2H3. The highest BCUT2D eigenvalue weighted by atomic mass is 14.4. The first kappa shape index (κ1) is 19.6. The maximum atomic E-state index is 2.38. The van der Waals surface area contributed by atoms with Crippen molar-refractivity contribution in [3.05, 3.63) is 148 Å². The van der Waals surface area contributed by atoms with Crippen molar-refractivity contribution >= 4 is 5.57 Å². The highest BCUT2D eigenvalue weighted by molar-refractivity contribution is 5.79. The number of hydrogen-bond acceptors (Lipinski definition) is 0. The molecule has 0 spiro atoms. The molecule has 0 fully saturated rings. The lowest BCUT2D eigenvalue weighted by atomic mass is 9.62. The maximum Gasteiger partial charge on any atom is 0.0673 e. The fourth-order valence-corrected chi connectivity index (χ4v) is 5.30. The average Bonchev–Trinajstić information content (AvgIpc) is 3.53. The normalized spacial score (nSPS) is 15.3. The molecule has 0 heterocycles. The summed E-state index contributed by atoms with van der Waals surface area (Å²) in [6.45, 7) is 4.52. The highest BCUT2D eigenvalue weighted by Crippen LogP contribution is 2.51. The lowest BCUT2D eigenvalue weighted by molar-refractivity contribution is 0.707. The molecule has 31 heavy (non-hydrogen) atoms. The molecule has 3 aromatic rings. The molecular weight excluding hydrogens is 372 g/mol. The summed E-state index contributed by atoms with van der Waals surface area (Å²) in [6, 6.07) is 26.8. The molecular formula is C31H28. The fourth-order valence-electron chi connectivity index (χ4n) is 5.30. The SMILES string of the molecule is Cc1ccc(C(C2=CC=CC2)(c2ccccc2)c2ccccc2)c(C2=CC=CC2)c1C. The minimum atomic E-state index is -0.330. The summed E-state index contributed by atoms with van der Waals surface area (Å²) in [6.07, 6.45) is 15.6. The van der Waals surface area contributed by atoms with Crippen molar-refractivity contribution in [3.8, 4) is 0 Å². The van der Waals surface area contributed by atoms with Gasteiger partial charge in [0.25, 0.3) is 0 Å². The van der Waals surface area contributed by atoms with Gasteiger partial charge in [-0.15, -0.1) is 0 Å². The molecule has 2 aliphatic rings. The van der Waals surface area contributed by atoms with Gasteiger partial charge in [-0.2, -0.15) is 0 Å². The Bertz CT molecular complexity index is 1180. The van der Waals surface area contributed by atoms with E-state index in [-0.39, 0.29) is 5.41 Å². The van der Waals surface area contributed by atoms with Crippen molar-refractivity contribution in [2.24, 2.45) is 0 Å². The van der Waals surface area contributed by atoms with Crippen LogP contribution in [0.3, 0.4) is 0 Å². The van der Waals surface area contributed by atoms with E-state index in [0.29, 0.717) is 0 Å². The molecule has 0 atom stereocenters. The van der Waals surface area contributed by atoms with E-state index < -0.39 is 0 Å². The van der Waals surface area contributed by atoms with Gasteiger partial charge in [-0.1, -0.05) is 109 Å². The molecule has 0 amide bonds. The summed E-state index contributed by atoms with van der Waals surface area (Å²) in [4.78, 5) is 0. The van der Waals surface area contributed by atoms with Crippen LogP contribution in [0.1, 0.15) is 46.2 Å². The maximum absolute atomic E-state index is 2.38. The monoisotopic (exact) mass is 400 g/mol. The summed E-state index contributed by atoms with van der Waals surface area (Å²) < 4.78 is 0. The Labute approximate surface area is 186 Å².